The highest BCUT2D eigenvalue weighted by Gasteiger charge is 2.46. The first-order valence-electron chi connectivity index (χ1n) is 10.0. The van der Waals surface area contributed by atoms with Crippen molar-refractivity contribution in [2.24, 2.45) is 0 Å². The molecule has 0 aromatic heterocycles. The Morgan fingerprint density at radius 3 is 1.50 bits per heavy atom. The predicted octanol–water partition coefficient (Wildman–Crippen LogP) is 4.73. The largest absolute Gasteiger partial charge is 0.463 e. The fourth-order valence-corrected chi connectivity index (χ4v) is 6.41. The number of hydrogen-bond donors (Lipinski definition) is 0. The summed E-state index contributed by atoms with van der Waals surface area (Å²) in [5, 5.41) is 0. The number of ether oxygens (including phenoxy) is 2. The maximum Gasteiger partial charge on any atom is 0.333 e. The fraction of sp³-hybridized carbons (Fsp3) is 0.700. The molecule has 0 aliphatic rings. The van der Waals surface area contributed by atoms with Gasteiger partial charge in [0.05, 0.1) is 13.0 Å². The molecule has 0 aromatic rings. The van der Waals surface area contributed by atoms with Crippen LogP contribution in [0.3, 0.4) is 0 Å². The van der Waals surface area contributed by atoms with Gasteiger partial charge in [-0.3, -0.25) is 0 Å². The predicted molar refractivity (Wildman–Crippen MR) is 126 cm³/mol. The summed E-state index contributed by atoms with van der Waals surface area (Å²) in [5.74, 6) is -2.32. The smallest absolute Gasteiger partial charge is 0.333 e. The summed E-state index contributed by atoms with van der Waals surface area (Å²) in [6.07, 6.45) is 0.321. The SMILES string of the molecule is C=C(C)C(=O)OCCC(O[Si](C)(C)C)(O[Si](C)(C)C)O[Si](C)(C)COC(=O)C(=C)C. The van der Waals surface area contributed by atoms with Gasteiger partial charge in [-0.25, -0.2) is 9.59 Å². The van der Waals surface area contributed by atoms with E-state index in [2.05, 4.69) is 13.2 Å². The molecule has 174 valence electrons. The van der Waals surface area contributed by atoms with E-state index in [1.54, 1.807) is 13.8 Å². The van der Waals surface area contributed by atoms with Crippen molar-refractivity contribution in [3.05, 3.63) is 24.3 Å². The standard InChI is InChI=1S/C20H40O7Si3/c1-16(2)18(21)23-14-13-20(25-28(5,6)7,26-29(8,9)10)27-30(11,12)15-24-19(22)17(3)4/h1,3,13-15H2,2,4-12H3. The van der Waals surface area contributed by atoms with Crippen molar-refractivity contribution in [1.82, 2.24) is 0 Å². The summed E-state index contributed by atoms with van der Waals surface area (Å²) >= 11 is 0. The van der Waals surface area contributed by atoms with Crippen molar-refractivity contribution in [1.29, 1.82) is 0 Å². The Bertz CT molecular complexity index is 630. The van der Waals surface area contributed by atoms with Gasteiger partial charge in [-0.1, -0.05) is 13.2 Å². The van der Waals surface area contributed by atoms with Crippen LogP contribution in [0.15, 0.2) is 24.3 Å². The first-order chi connectivity index (χ1) is 13.3. The third-order valence-electron chi connectivity index (χ3n) is 3.24. The summed E-state index contributed by atoms with van der Waals surface area (Å²) in [7, 11) is -6.87. The van der Waals surface area contributed by atoms with Crippen molar-refractivity contribution in [2.75, 3.05) is 12.8 Å². The maximum absolute atomic E-state index is 11.9. The molecule has 0 N–H and O–H groups in total. The minimum absolute atomic E-state index is 0.0523. The molecule has 0 saturated carbocycles. The van der Waals surface area contributed by atoms with Gasteiger partial charge in [0.1, 0.15) is 6.23 Å². The molecule has 0 aliphatic heterocycles. The van der Waals surface area contributed by atoms with E-state index in [0.717, 1.165) is 0 Å². The van der Waals surface area contributed by atoms with Gasteiger partial charge in [0, 0.05) is 11.1 Å². The highest BCUT2D eigenvalue weighted by Crippen LogP contribution is 2.32. The second-order valence-corrected chi connectivity index (χ2v) is 22.9. The lowest BCUT2D eigenvalue weighted by Gasteiger charge is -2.45. The second kappa shape index (κ2) is 11.0. The van der Waals surface area contributed by atoms with Crippen LogP contribution in [-0.2, 0) is 32.3 Å². The Morgan fingerprint density at radius 2 is 1.13 bits per heavy atom. The molecule has 0 heterocycles. The van der Waals surface area contributed by atoms with Gasteiger partial charge < -0.3 is 22.8 Å². The Hall–Kier alpha value is -1.05. The quantitative estimate of drug-likeness (QED) is 0.164. The van der Waals surface area contributed by atoms with Crippen LogP contribution in [0.25, 0.3) is 0 Å². The molecule has 30 heavy (non-hydrogen) atoms. The van der Waals surface area contributed by atoms with Crippen molar-refractivity contribution >= 4 is 36.9 Å². The van der Waals surface area contributed by atoms with Crippen LogP contribution in [0.1, 0.15) is 20.3 Å². The van der Waals surface area contributed by atoms with Gasteiger partial charge in [0.25, 0.3) is 5.97 Å². The molecule has 0 unspecified atom stereocenters. The minimum atomic E-state index is -2.59. The molecule has 0 aliphatic carbocycles. The van der Waals surface area contributed by atoms with Crippen LogP contribution in [0, 0.1) is 0 Å². The fourth-order valence-electron chi connectivity index (χ4n) is 2.35. The van der Waals surface area contributed by atoms with E-state index in [1.165, 1.54) is 0 Å². The maximum atomic E-state index is 11.9. The molecule has 0 atom stereocenters. The van der Waals surface area contributed by atoms with Gasteiger partial charge >= 0.3 is 11.9 Å². The van der Waals surface area contributed by atoms with Crippen LogP contribution in [0.5, 0.6) is 0 Å². The molecule has 0 radical (unpaired) electrons. The van der Waals surface area contributed by atoms with E-state index < -0.39 is 42.9 Å². The molecule has 0 spiro atoms. The van der Waals surface area contributed by atoms with Crippen molar-refractivity contribution in [3.8, 4) is 0 Å². The van der Waals surface area contributed by atoms with Crippen molar-refractivity contribution in [3.63, 3.8) is 0 Å². The highest BCUT2D eigenvalue weighted by molar-refractivity contribution is 6.72. The summed E-state index contributed by atoms with van der Waals surface area (Å²) in [6, 6.07) is 0. The minimum Gasteiger partial charge on any atom is -0.463 e. The van der Waals surface area contributed by atoms with Crippen molar-refractivity contribution in [2.45, 2.75) is 78.6 Å². The topological polar surface area (TPSA) is 80.3 Å². The lowest BCUT2D eigenvalue weighted by atomic mass is 10.3. The van der Waals surface area contributed by atoms with Crippen LogP contribution in [0.2, 0.25) is 52.4 Å². The number of carbonyl (C=O) groups is 2. The van der Waals surface area contributed by atoms with E-state index in [1.807, 2.05) is 52.4 Å². The van der Waals surface area contributed by atoms with E-state index in [0.29, 0.717) is 11.1 Å². The van der Waals surface area contributed by atoms with Gasteiger partial charge in [-0.05, 0) is 66.2 Å². The van der Waals surface area contributed by atoms with Crippen LogP contribution in [-0.4, -0.2) is 55.7 Å². The Labute approximate surface area is 185 Å². The monoisotopic (exact) mass is 476 g/mol. The Balaban J connectivity index is 5.76. The van der Waals surface area contributed by atoms with E-state index in [9.17, 15) is 9.59 Å². The molecule has 0 rings (SSSR count). The number of rotatable bonds is 13. The zero-order valence-corrected chi connectivity index (χ0v) is 23.4. The molecular formula is C20H40O7Si3. The molecule has 0 amide bonds. The third kappa shape index (κ3) is 12.6. The second-order valence-electron chi connectivity index (χ2n) is 10.00. The normalized spacial score (nSPS) is 13.0. The number of hydrogen-bond acceptors (Lipinski definition) is 7. The third-order valence-corrected chi connectivity index (χ3v) is 6.79. The Kier molecular flexibility index (Phi) is 10.6. The van der Waals surface area contributed by atoms with E-state index >= 15 is 0 Å². The molecule has 0 fully saturated rings. The molecule has 0 aromatic carbocycles. The molecule has 10 heteroatoms. The summed E-state index contributed by atoms with van der Waals surface area (Å²) in [4.78, 5) is 23.7. The summed E-state index contributed by atoms with van der Waals surface area (Å²) in [6.45, 7) is 26.5. The average molecular weight is 477 g/mol. The van der Waals surface area contributed by atoms with Crippen LogP contribution >= 0.6 is 0 Å². The first kappa shape index (κ1) is 29.0. The van der Waals surface area contributed by atoms with Gasteiger partial charge in [-0.2, -0.15) is 0 Å². The van der Waals surface area contributed by atoms with Gasteiger partial charge in [0.2, 0.25) is 8.32 Å². The van der Waals surface area contributed by atoms with Crippen LogP contribution < -0.4 is 0 Å². The molecule has 0 bridgehead atoms. The van der Waals surface area contributed by atoms with Gasteiger partial charge in [-0.15, -0.1) is 0 Å². The summed E-state index contributed by atoms with van der Waals surface area (Å²) in [5.41, 5.74) is 0.648. The average Bonchev–Trinajstić information content (AvgIpc) is 2.48. The van der Waals surface area contributed by atoms with Crippen molar-refractivity contribution < 1.29 is 32.3 Å². The van der Waals surface area contributed by atoms with E-state index in [-0.39, 0.29) is 19.3 Å². The highest BCUT2D eigenvalue weighted by atomic mass is 28.4. The zero-order chi connectivity index (χ0) is 24.0. The Morgan fingerprint density at radius 1 is 0.733 bits per heavy atom. The van der Waals surface area contributed by atoms with Gasteiger partial charge in [0.15, 0.2) is 16.6 Å². The van der Waals surface area contributed by atoms with E-state index in [4.69, 9.17) is 22.8 Å². The molecular weight excluding hydrogens is 436 g/mol. The first-order valence-corrected chi connectivity index (χ1v) is 20.0. The lowest BCUT2D eigenvalue weighted by Crippen LogP contribution is -2.58. The summed E-state index contributed by atoms with van der Waals surface area (Å²) < 4.78 is 30.0. The molecule has 0 saturated heterocycles. The number of esters is 2. The van der Waals surface area contributed by atoms with Crippen LogP contribution in [0.4, 0.5) is 0 Å². The number of carbonyl (C=O) groups excluding carboxylic acids is 2. The lowest BCUT2D eigenvalue weighted by molar-refractivity contribution is -0.278. The zero-order valence-electron chi connectivity index (χ0n) is 20.4. The molecule has 7 nitrogen and oxygen atoms in total.